The van der Waals surface area contributed by atoms with Crippen LogP contribution < -0.4 is 10.9 Å². The van der Waals surface area contributed by atoms with Crippen LogP contribution in [0.2, 0.25) is 0 Å². The highest BCUT2D eigenvalue weighted by Crippen LogP contribution is 2.19. The van der Waals surface area contributed by atoms with Crippen LogP contribution >= 0.6 is 0 Å². The quantitative estimate of drug-likeness (QED) is 0.633. The van der Waals surface area contributed by atoms with Crippen LogP contribution in [0.1, 0.15) is 22.7 Å². The number of rotatable bonds is 6. The lowest BCUT2D eigenvalue weighted by Crippen LogP contribution is -2.28. The summed E-state index contributed by atoms with van der Waals surface area (Å²) in [5.74, 6) is 0. The summed E-state index contributed by atoms with van der Waals surface area (Å²) in [4.78, 5) is 0. The number of nitrogens with one attached hydrogen (secondary N) is 2. The van der Waals surface area contributed by atoms with Crippen LogP contribution in [0, 0.1) is 6.92 Å². The van der Waals surface area contributed by atoms with Gasteiger partial charge in [0.15, 0.2) is 0 Å². The van der Waals surface area contributed by atoms with Crippen LogP contribution in [0.3, 0.4) is 0 Å². The molecule has 3 rings (SSSR count). The maximum Gasteiger partial charge on any atom is 0.0550 e. The fourth-order valence-electron chi connectivity index (χ4n) is 2.59. The van der Waals surface area contributed by atoms with Crippen molar-refractivity contribution in [1.82, 2.24) is 5.43 Å². The van der Waals surface area contributed by atoms with Gasteiger partial charge in [0.1, 0.15) is 0 Å². The lowest BCUT2D eigenvalue weighted by molar-refractivity contribution is 0.586. The van der Waals surface area contributed by atoms with E-state index in [1.54, 1.807) is 0 Å². The number of hydrogen-bond acceptors (Lipinski definition) is 2. The lowest BCUT2D eigenvalue weighted by atomic mass is 9.99. The summed E-state index contributed by atoms with van der Waals surface area (Å²) in [6.07, 6.45) is 0.934. The monoisotopic (exact) mass is 302 g/mol. The average Bonchev–Trinajstić information content (AvgIpc) is 2.61. The van der Waals surface area contributed by atoms with Crippen LogP contribution in [-0.4, -0.2) is 0 Å². The normalized spacial score (nSPS) is 11.9. The van der Waals surface area contributed by atoms with Crippen molar-refractivity contribution < 1.29 is 0 Å². The van der Waals surface area contributed by atoms with Gasteiger partial charge in [-0.1, -0.05) is 78.4 Å². The lowest BCUT2D eigenvalue weighted by Gasteiger charge is -2.21. The van der Waals surface area contributed by atoms with Crippen LogP contribution in [-0.2, 0) is 6.42 Å². The van der Waals surface area contributed by atoms with E-state index in [1.807, 2.05) is 0 Å². The smallest absolute Gasteiger partial charge is 0.0550 e. The Bertz CT molecular complexity index is 706. The van der Waals surface area contributed by atoms with Crippen molar-refractivity contribution in [2.24, 2.45) is 0 Å². The van der Waals surface area contributed by atoms with E-state index in [9.17, 15) is 0 Å². The molecule has 0 heterocycles. The molecular weight excluding hydrogens is 280 g/mol. The summed E-state index contributed by atoms with van der Waals surface area (Å²) in [6, 6.07) is 29.7. The van der Waals surface area contributed by atoms with Crippen LogP contribution in [0.15, 0.2) is 84.9 Å². The number of hydrogen-bond donors (Lipinski definition) is 2. The summed E-state index contributed by atoms with van der Waals surface area (Å²) in [7, 11) is 0. The maximum atomic E-state index is 3.47. The van der Waals surface area contributed by atoms with Gasteiger partial charge in [0.2, 0.25) is 0 Å². The van der Waals surface area contributed by atoms with Gasteiger partial charge in [-0.3, -0.25) is 0 Å². The van der Waals surface area contributed by atoms with Crippen molar-refractivity contribution in [3.05, 3.63) is 102 Å². The standard InChI is InChI=1S/C21H22N2/c1-17-12-14-20(15-13-17)22-23-21(19-10-6-3-7-11-19)16-18-8-4-2-5-9-18/h2-15,21-23H,16H2,1H3/t21-/m0/s1. The van der Waals surface area contributed by atoms with Crippen LogP contribution in [0.25, 0.3) is 0 Å². The van der Waals surface area contributed by atoms with E-state index in [1.165, 1.54) is 16.7 Å². The molecule has 0 fully saturated rings. The van der Waals surface area contributed by atoms with Gasteiger partial charge < -0.3 is 5.43 Å². The molecule has 0 aliphatic heterocycles. The summed E-state index contributed by atoms with van der Waals surface area (Å²) in [5.41, 5.74) is 11.7. The zero-order chi connectivity index (χ0) is 15.9. The van der Waals surface area contributed by atoms with Gasteiger partial charge in [-0.05, 0) is 36.6 Å². The Hall–Kier alpha value is -2.58. The number of anilines is 1. The predicted octanol–water partition coefficient (Wildman–Crippen LogP) is 4.90. The molecule has 0 bridgehead atoms. The third-order valence-electron chi connectivity index (χ3n) is 3.93. The summed E-state index contributed by atoms with van der Waals surface area (Å²) in [5, 5.41) is 0. The Morgan fingerprint density at radius 3 is 2.00 bits per heavy atom. The molecular formula is C21H22N2. The molecule has 0 saturated carbocycles. The Kier molecular flexibility index (Phi) is 5.07. The molecule has 1 atom stereocenters. The topological polar surface area (TPSA) is 24.1 Å². The molecule has 0 radical (unpaired) electrons. The highest BCUT2D eigenvalue weighted by Gasteiger charge is 2.11. The Balaban J connectivity index is 1.74. The van der Waals surface area contributed by atoms with E-state index in [2.05, 4.69) is 103 Å². The van der Waals surface area contributed by atoms with Crippen molar-refractivity contribution >= 4 is 5.69 Å². The third-order valence-corrected chi connectivity index (χ3v) is 3.93. The number of benzene rings is 3. The minimum absolute atomic E-state index is 0.208. The first-order valence-electron chi connectivity index (χ1n) is 7.98. The van der Waals surface area contributed by atoms with Crippen molar-refractivity contribution in [3.8, 4) is 0 Å². The summed E-state index contributed by atoms with van der Waals surface area (Å²) in [6.45, 7) is 2.10. The largest absolute Gasteiger partial charge is 0.321 e. The fraction of sp³-hybridized carbons (Fsp3) is 0.143. The molecule has 2 heteroatoms. The van der Waals surface area contributed by atoms with Gasteiger partial charge in [-0.2, -0.15) is 0 Å². The first-order valence-corrected chi connectivity index (χ1v) is 7.98. The molecule has 116 valence electrons. The molecule has 3 aromatic carbocycles. The predicted molar refractivity (Wildman–Crippen MR) is 97.3 cm³/mol. The summed E-state index contributed by atoms with van der Waals surface area (Å²) >= 11 is 0. The average molecular weight is 302 g/mol. The van der Waals surface area contributed by atoms with Crippen molar-refractivity contribution in [2.45, 2.75) is 19.4 Å². The van der Waals surface area contributed by atoms with E-state index in [-0.39, 0.29) is 6.04 Å². The van der Waals surface area contributed by atoms with Crippen molar-refractivity contribution in [1.29, 1.82) is 0 Å². The Labute approximate surface area is 138 Å². The van der Waals surface area contributed by atoms with E-state index in [0.717, 1.165) is 12.1 Å². The van der Waals surface area contributed by atoms with Gasteiger partial charge in [-0.25, -0.2) is 5.43 Å². The van der Waals surface area contributed by atoms with Crippen LogP contribution in [0.5, 0.6) is 0 Å². The van der Waals surface area contributed by atoms with Gasteiger partial charge in [0.05, 0.1) is 6.04 Å². The Morgan fingerprint density at radius 1 is 0.739 bits per heavy atom. The van der Waals surface area contributed by atoms with Gasteiger partial charge in [-0.15, -0.1) is 0 Å². The molecule has 3 aromatic rings. The molecule has 23 heavy (non-hydrogen) atoms. The highest BCUT2D eigenvalue weighted by molar-refractivity contribution is 5.43. The fourth-order valence-corrected chi connectivity index (χ4v) is 2.59. The Morgan fingerprint density at radius 2 is 1.35 bits per heavy atom. The van der Waals surface area contributed by atoms with E-state index in [0.29, 0.717) is 0 Å². The van der Waals surface area contributed by atoms with E-state index >= 15 is 0 Å². The molecule has 2 nitrogen and oxygen atoms in total. The molecule has 0 aromatic heterocycles. The maximum absolute atomic E-state index is 3.47. The second-order valence-electron chi connectivity index (χ2n) is 5.79. The molecule has 0 spiro atoms. The first kappa shape index (κ1) is 15.3. The molecule has 0 unspecified atom stereocenters. The summed E-state index contributed by atoms with van der Waals surface area (Å²) < 4.78 is 0. The zero-order valence-corrected chi connectivity index (χ0v) is 13.4. The second-order valence-corrected chi connectivity index (χ2v) is 5.79. The molecule has 2 N–H and O–H groups in total. The number of hydrazine groups is 1. The minimum atomic E-state index is 0.208. The molecule has 0 aliphatic carbocycles. The molecule has 0 amide bonds. The minimum Gasteiger partial charge on any atom is -0.321 e. The molecule has 0 saturated heterocycles. The zero-order valence-electron chi connectivity index (χ0n) is 13.4. The molecule has 0 aliphatic rings. The highest BCUT2D eigenvalue weighted by atomic mass is 15.4. The second kappa shape index (κ2) is 7.61. The van der Waals surface area contributed by atoms with E-state index in [4.69, 9.17) is 0 Å². The van der Waals surface area contributed by atoms with Crippen molar-refractivity contribution in [3.63, 3.8) is 0 Å². The SMILES string of the molecule is Cc1ccc(NN[C@@H](Cc2ccccc2)c2ccccc2)cc1. The van der Waals surface area contributed by atoms with Gasteiger partial charge >= 0.3 is 0 Å². The van der Waals surface area contributed by atoms with Gasteiger partial charge in [0, 0.05) is 5.69 Å². The van der Waals surface area contributed by atoms with E-state index < -0.39 is 0 Å². The third kappa shape index (κ3) is 4.44. The number of aryl methyl sites for hydroxylation is 1. The van der Waals surface area contributed by atoms with Gasteiger partial charge in [0.25, 0.3) is 0 Å². The van der Waals surface area contributed by atoms with Crippen molar-refractivity contribution in [2.75, 3.05) is 5.43 Å². The first-order chi connectivity index (χ1) is 11.3. The van der Waals surface area contributed by atoms with Crippen LogP contribution in [0.4, 0.5) is 5.69 Å².